The molecule has 0 spiro atoms. The third-order valence-corrected chi connectivity index (χ3v) is 4.11. The monoisotopic (exact) mass is 320 g/mol. The predicted molar refractivity (Wildman–Crippen MR) is 89.5 cm³/mol. The molecule has 1 unspecified atom stereocenters. The van der Waals surface area contributed by atoms with Gasteiger partial charge in [0, 0.05) is 49.9 Å². The van der Waals surface area contributed by atoms with Crippen LogP contribution in [0.3, 0.4) is 0 Å². The molecule has 2 N–H and O–H groups in total. The summed E-state index contributed by atoms with van der Waals surface area (Å²) in [6.07, 6.45) is 3.44. The molecule has 1 aliphatic heterocycles. The van der Waals surface area contributed by atoms with Crippen molar-refractivity contribution in [3.63, 3.8) is 0 Å². The van der Waals surface area contributed by atoms with Gasteiger partial charge in [0.25, 0.3) is 5.69 Å². The minimum atomic E-state index is -0.417. The van der Waals surface area contributed by atoms with E-state index < -0.39 is 4.92 Å². The van der Waals surface area contributed by atoms with Gasteiger partial charge in [0.1, 0.15) is 0 Å². The molecule has 0 bridgehead atoms. The number of nitrogens with one attached hydrogen (secondary N) is 2. The molecule has 0 aromatic heterocycles. The first-order valence-corrected chi connectivity index (χ1v) is 8.04. The normalized spacial score (nSPS) is 17.3. The van der Waals surface area contributed by atoms with E-state index in [2.05, 4.69) is 10.6 Å². The fourth-order valence-corrected chi connectivity index (χ4v) is 2.93. The standard InChI is InChI=1S/C16H24N4O3/c1-17-12-15-4-3-11-19(15)16(21)5-2-10-18-13-6-8-14(9-7-13)20(22)23/h6-9,15,17-18H,2-5,10-12H2,1H3. The summed E-state index contributed by atoms with van der Waals surface area (Å²) in [5.74, 6) is 0.216. The van der Waals surface area contributed by atoms with E-state index >= 15 is 0 Å². The van der Waals surface area contributed by atoms with Crippen LogP contribution < -0.4 is 10.6 Å². The van der Waals surface area contributed by atoms with E-state index in [1.165, 1.54) is 12.1 Å². The van der Waals surface area contributed by atoms with Crippen molar-refractivity contribution in [2.75, 3.05) is 32.0 Å². The van der Waals surface area contributed by atoms with Crippen LogP contribution >= 0.6 is 0 Å². The van der Waals surface area contributed by atoms with Crippen molar-refractivity contribution >= 4 is 17.3 Å². The number of carbonyl (C=O) groups is 1. The number of nitro benzene ring substituents is 1. The summed E-state index contributed by atoms with van der Waals surface area (Å²) < 4.78 is 0. The van der Waals surface area contributed by atoms with Gasteiger partial charge in [-0.05, 0) is 38.4 Å². The molecule has 0 saturated carbocycles. The topological polar surface area (TPSA) is 87.5 Å². The van der Waals surface area contributed by atoms with E-state index in [0.29, 0.717) is 19.0 Å². The van der Waals surface area contributed by atoms with Gasteiger partial charge in [-0.25, -0.2) is 0 Å². The number of non-ortho nitro benzene ring substituents is 1. The Kier molecular flexibility index (Phi) is 6.34. The molecule has 1 saturated heterocycles. The minimum Gasteiger partial charge on any atom is -0.385 e. The Morgan fingerprint density at radius 3 is 2.78 bits per heavy atom. The Morgan fingerprint density at radius 1 is 1.39 bits per heavy atom. The number of amides is 1. The molecule has 7 nitrogen and oxygen atoms in total. The molecule has 1 fully saturated rings. The second-order valence-corrected chi connectivity index (χ2v) is 5.78. The number of benzene rings is 1. The lowest BCUT2D eigenvalue weighted by Gasteiger charge is -2.24. The van der Waals surface area contributed by atoms with Gasteiger partial charge in [0.15, 0.2) is 0 Å². The molecule has 23 heavy (non-hydrogen) atoms. The lowest BCUT2D eigenvalue weighted by atomic mass is 10.2. The van der Waals surface area contributed by atoms with Crippen LogP contribution in [-0.4, -0.2) is 48.5 Å². The van der Waals surface area contributed by atoms with Gasteiger partial charge in [-0.15, -0.1) is 0 Å². The number of nitro groups is 1. The average Bonchev–Trinajstić information content (AvgIpc) is 3.00. The van der Waals surface area contributed by atoms with Crippen molar-refractivity contribution in [3.8, 4) is 0 Å². The molecule has 0 aliphatic carbocycles. The van der Waals surface area contributed by atoms with Crippen LogP contribution in [0.2, 0.25) is 0 Å². The fraction of sp³-hybridized carbons (Fsp3) is 0.562. The van der Waals surface area contributed by atoms with Crippen LogP contribution in [-0.2, 0) is 4.79 Å². The number of hydrogen-bond donors (Lipinski definition) is 2. The first-order valence-electron chi connectivity index (χ1n) is 8.04. The summed E-state index contributed by atoms with van der Waals surface area (Å²) in [5.41, 5.74) is 0.910. The van der Waals surface area contributed by atoms with Crippen LogP contribution in [0.5, 0.6) is 0 Å². The number of rotatable bonds is 8. The van der Waals surface area contributed by atoms with Gasteiger partial charge in [0.2, 0.25) is 5.91 Å². The Hall–Kier alpha value is -2.15. The molecular formula is C16H24N4O3. The van der Waals surface area contributed by atoms with Crippen molar-refractivity contribution in [1.82, 2.24) is 10.2 Å². The van der Waals surface area contributed by atoms with Crippen LogP contribution in [0.4, 0.5) is 11.4 Å². The molecule has 1 aliphatic rings. The zero-order valence-electron chi connectivity index (χ0n) is 13.5. The summed E-state index contributed by atoms with van der Waals surface area (Å²) in [5, 5.41) is 16.9. The molecule has 126 valence electrons. The number of likely N-dealkylation sites (N-methyl/N-ethyl adjacent to an activating group) is 1. The second kappa shape index (κ2) is 8.47. The van der Waals surface area contributed by atoms with Crippen LogP contribution in [0.1, 0.15) is 25.7 Å². The Morgan fingerprint density at radius 2 is 2.13 bits per heavy atom. The number of anilines is 1. The first-order chi connectivity index (χ1) is 11.1. The van der Waals surface area contributed by atoms with Crippen LogP contribution in [0.25, 0.3) is 0 Å². The van der Waals surface area contributed by atoms with Gasteiger partial charge in [-0.2, -0.15) is 0 Å². The van der Waals surface area contributed by atoms with Crippen LogP contribution in [0, 0.1) is 10.1 Å². The quantitative estimate of drug-likeness (QED) is 0.434. The Balaban J connectivity index is 1.70. The average molecular weight is 320 g/mol. The number of carbonyl (C=O) groups excluding carboxylic acids is 1. The van der Waals surface area contributed by atoms with E-state index in [9.17, 15) is 14.9 Å². The maximum Gasteiger partial charge on any atom is 0.269 e. The SMILES string of the molecule is CNCC1CCCN1C(=O)CCCNc1ccc([N+](=O)[O-])cc1. The van der Waals surface area contributed by atoms with Gasteiger partial charge in [-0.1, -0.05) is 0 Å². The minimum absolute atomic E-state index is 0.0790. The molecule has 2 rings (SSSR count). The van der Waals surface area contributed by atoms with E-state index in [-0.39, 0.29) is 11.6 Å². The summed E-state index contributed by atoms with van der Waals surface area (Å²) in [6, 6.07) is 6.64. The maximum atomic E-state index is 12.3. The van der Waals surface area contributed by atoms with Crippen LogP contribution in [0.15, 0.2) is 24.3 Å². The van der Waals surface area contributed by atoms with E-state index in [1.54, 1.807) is 12.1 Å². The molecule has 7 heteroatoms. The van der Waals surface area contributed by atoms with E-state index in [0.717, 1.165) is 38.0 Å². The lowest BCUT2D eigenvalue weighted by molar-refractivity contribution is -0.384. The van der Waals surface area contributed by atoms with Gasteiger partial charge < -0.3 is 15.5 Å². The highest BCUT2D eigenvalue weighted by Gasteiger charge is 2.27. The fourth-order valence-electron chi connectivity index (χ4n) is 2.93. The predicted octanol–water partition coefficient (Wildman–Crippen LogP) is 2.00. The summed E-state index contributed by atoms with van der Waals surface area (Å²) in [7, 11) is 1.91. The number of nitrogens with zero attached hydrogens (tertiary/aromatic N) is 2. The molecular weight excluding hydrogens is 296 g/mol. The van der Waals surface area contributed by atoms with Crippen molar-refractivity contribution in [2.45, 2.75) is 31.7 Å². The highest BCUT2D eigenvalue weighted by molar-refractivity contribution is 5.76. The maximum absolute atomic E-state index is 12.3. The summed E-state index contributed by atoms with van der Waals surface area (Å²) in [6.45, 7) is 2.39. The first kappa shape index (κ1) is 17.2. The Bertz CT molecular complexity index is 533. The molecule has 1 heterocycles. The third kappa shape index (κ3) is 4.92. The molecule has 1 atom stereocenters. The van der Waals surface area contributed by atoms with Crippen molar-refractivity contribution in [2.24, 2.45) is 0 Å². The molecule has 1 aromatic carbocycles. The number of likely N-dealkylation sites (tertiary alicyclic amines) is 1. The zero-order valence-corrected chi connectivity index (χ0v) is 13.5. The van der Waals surface area contributed by atoms with E-state index in [4.69, 9.17) is 0 Å². The van der Waals surface area contributed by atoms with Gasteiger partial charge in [-0.3, -0.25) is 14.9 Å². The smallest absolute Gasteiger partial charge is 0.269 e. The number of hydrogen-bond acceptors (Lipinski definition) is 5. The summed E-state index contributed by atoms with van der Waals surface area (Å²) >= 11 is 0. The largest absolute Gasteiger partial charge is 0.385 e. The Labute approximate surface area is 136 Å². The van der Waals surface area contributed by atoms with E-state index in [1.807, 2.05) is 11.9 Å². The lowest BCUT2D eigenvalue weighted by Crippen LogP contribution is -2.40. The van der Waals surface area contributed by atoms with Gasteiger partial charge >= 0.3 is 0 Å². The van der Waals surface area contributed by atoms with Crippen molar-refractivity contribution < 1.29 is 9.72 Å². The molecule has 1 amide bonds. The second-order valence-electron chi connectivity index (χ2n) is 5.78. The highest BCUT2D eigenvalue weighted by Crippen LogP contribution is 2.18. The van der Waals surface area contributed by atoms with Crippen molar-refractivity contribution in [1.29, 1.82) is 0 Å². The molecule has 0 radical (unpaired) electrons. The van der Waals surface area contributed by atoms with Crippen molar-refractivity contribution in [3.05, 3.63) is 34.4 Å². The summed E-state index contributed by atoms with van der Waals surface area (Å²) in [4.78, 5) is 24.4. The third-order valence-electron chi connectivity index (χ3n) is 4.11. The zero-order chi connectivity index (χ0) is 16.7. The molecule has 1 aromatic rings. The highest BCUT2D eigenvalue weighted by atomic mass is 16.6. The van der Waals surface area contributed by atoms with Gasteiger partial charge in [0.05, 0.1) is 4.92 Å².